The zero-order valence-corrected chi connectivity index (χ0v) is 14.2. The van der Waals surface area contributed by atoms with Crippen molar-refractivity contribution in [1.82, 2.24) is 4.90 Å². The molecular formula is C21H26FNO. The van der Waals surface area contributed by atoms with Crippen LogP contribution in [0.25, 0.3) is 0 Å². The number of hydrogen-bond acceptors (Lipinski definition) is 1. The number of hydrogen-bond donors (Lipinski definition) is 0. The van der Waals surface area contributed by atoms with Crippen molar-refractivity contribution in [3.8, 4) is 0 Å². The van der Waals surface area contributed by atoms with Gasteiger partial charge < -0.3 is 4.90 Å². The number of rotatable bonds is 2. The predicted octanol–water partition coefficient (Wildman–Crippen LogP) is 4.71. The molecular weight excluding hydrogens is 301 g/mol. The van der Waals surface area contributed by atoms with Crippen LogP contribution in [0.5, 0.6) is 0 Å². The van der Waals surface area contributed by atoms with E-state index < -0.39 is 0 Å². The monoisotopic (exact) mass is 327 g/mol. The van der Waals surface area contributed by atoms with E-state index >= 15 is 0 Å². The van der Waals surface area contributed by atoms with E-state index in [0.29, 0.717) is 5.91 Å². The molecule has 1 unspecified atom stereocenters. The van der Waals surface area contributed by atoms with Gasteiger partial charge in [-0.05, 0) is 86.8 Å². The number of amides is 1. The largest absolute Gasteiger partial charge is 0.335 e. The molecule has 1 aliphatic heterocycles. The van der Waals surface area contributed by atoms with Gasteiger partial charge in [0, 0.05) is 6.54 Å². The van der Waals surface area contributed by atoms with Crippen LogP contribution in [0.15, 0.2) is 24.3 Å². The molecule has 0 N–H and O–H groups in total. The highest BCUT2D eigenvalue weighted by Gasteiger charge is 2.56. The van der Waals surface area contributed by atoms with E-state index in [0.717, 1.165) is 62.0 Å². The molecule has 0 aromatic heterocycles. The zero-order valence-electron chi connectivity index (χ0n) is 14.2. The van der Waals surface area contributed by atoms with Gasteiger partial charge in [-0.1, -0.05) is 12.1 Å². The molecule has 1 heterocycles. The second-order valence-corrected chi connectivity index (χ2v) is 8.91. The van der Waals surface area contributed by atoms with Crippen LogP contribution in [0.2, 0.25) is 0 Å². The summed E-state index contributed by atoms with van der Waals surface area (Å²) in [5.41, 5.74) is 0.899. The maximum absolute atomic E-state index is 13.7. The number of nitrogens with zero attached hydrogens (tertiary/aromatic N) is 1. The minimum atomic E-state index is -0.193. The molecule has 4 bridgehead atoms. The number of carbonyl (C=O) groups excluding carboxylic acids is 1. The first-order chi connectivity index (χ1) is 11.6. The molecule has 1 aromatic rings. The summed E-state index contributed by atoms with van der Waals surface area (Å²) in [5.74, 6) is 2.57. The molecule has 1 saturated heterocycles. The standard InChI is InChI=1S/C21H26FNO/c22-18-4-1-3-17(10-18)19-5-2-6-23(19)20(24)21-11-14-7-15(12-21)9-16(8-14)13-21/h1,3-4,10,14-16,19H,2,5-9,11-13H2. The Morgan fingerprint density at radius 1 is 1.08 bits per heavy atom. The number of likely N-dealkylation sites (tertiary alicyclic amines) is 1. The van der Waals surface area contributed by atoms with Gasteiger partial charge in [0.2, 0.25) is 5.91 Å². The Bertz CT molecular complexity index is 634. The molecule has 3 heteroatoms. The van der Waals surface area contributed by atoms with Crippen LogP contribution in [-0.2, 0) is 4.79 Å². The number of carbonyl (C=O) groups is 1. The normalized spacial score (nSPS) is 40.3. The lowest BCUT2D eigenvalue weighted by Crippen LogP contribution is -2.54. The molecule has 6 rings (SSSR count). The third-order valence-electron chi connectivity index (χ3n) is 7.24. The predicted molar refractivity (Wildman–Crippen MR) is 90.7 cm³/mol. The average molecular weight is 327 g/mol. The van der Waals surface area contributed by atoms with Gasteiger partial charge in [0.1, 0.15) is 5.82 Å². The Morgan fingerprint density at radius 2 is 1.75 bits per heavy atom. The van der Waals surface area contributed by atoms with Crippen LogP contribution in [0.4, 0.5) is 4.39 Å². The molecule has 1 aromatic carbocycles. The number of halogens is 1. The Labute approximate surface area is 143 Å². The van der Waals surface area contributed by atoms with Crippen molar-refractivity contribution in [3.63, 3.8) is 0 Å². The molecule has 24 heavy (non-hydrogen) atoms. The molecule has 128 valence electrons. The molecule has 4 saturated carbocycles. The third-order valence-corrected chi connectivity index (χ3v) is 7.24. The van der Waals surface area contributed by atoms with E-state index in [4.69, 9.17) is 0 Å². The Balaban J connectivity index is 1.44. The summed E-state index contributed by atoms with van der Waals surface area (Å²) in [5, 5.41) is 0. The van der Waals surface area contributed by atoms with Gasteiger partial charge in [0.15, 0.2) is 0 Å². The van der Waals surface area contributed by atoms with Crippen molar-refractivity contribution < 1.29 is 9.18 Å². The fourth-order valence-corrected chi connectivity index (χ4v) is 6.75. The first-order valence-corrected chi connectivity index (χ1v) is 9.69. The minimum Gasteiger partial charge on any atom is -0.335 e. The lowest BCUT2D eigenvalue weighted by Gasteiger charge is -2.56. The van der Waals surface area contributed by atoms with Crippen molar-refractivity contribution in [2.24, 2.45) is 23.2 Å². The Morgan fingerprint density at radius 3 is 2.38 bits per heavy atom. The highest BCUT2D eigenvalue weighted by Crippen LogP contribution is 2.61. The van der Waals surface area contributed by atoms with Crippen molar-refractivity contribution in [1.29, 1.82) is 0 Å². The van der Waals surface area contributed by atoms with Gasteiger partial charge >= 0.3 is 0 Å². The summed E-state index contributed by atoms with van der Waals surface area (Å²) >= 11 is 0. The van der Waals surface area contributed by atoms with Crippen molar-refractivity contribution in [3.05, 3.63) is 35.6 Å². The van der Waals surface area contributed by atoms with E-state index in [1.165, 1.54) is 25.3 Å². The average Bonchev–Trinajstić information content (AvgIpc) is 3.02. The van der Waals surface area contributed by atoms with Gasteiger partial charge in [-0.15, -0.1) is 0 Å². The fourth-order valence-electron chi connectivity index (χ4n) is 6.75. The summed E-state index contributed by atoms with van der Waals surface area (Å²) < 4.78 is 13.7. The van der Waals surface area contributed by atoms with E-state index in [9.17, 15) is 9.18 Å². The highest BCUT2D eigenvalue weighted by atomic mass is 19.1. The van der Waals surface area contributed by atoms with Crippen LogP contribution in [0.3, 0.4) is 0 Å². The SMILES string of the molecule is O=C(N1CCCC1c1cccc(F)c1)C12CC3CC(CC(C3)C1)C2. The summed E-state index contributed by atoms with van der Waals surface area (Å²) in [6.45, 7) is 0.849. The van der Waals surface area contributed by atoms with Crippen molar-refractivity contribution >= 4 is 5.91 Å². The molecule has 1 atom stereocenters. The highest BCUT2D eigenvalue weighted by molar-refractivity contribution is 5.84. The number of benzene rings is 1. The summed E-state index contributed by atoms with van der Waals surface area (Å²) in [6.07, 6.45) is 9.44. The minimum absolute atomic E-state index is 0.0787. The molecule has 1 amide bonds. The van der Waals surface area contributed by atoms with E-state index in [-0.39, 0.29) is 17.3 Å². The third kappa shape index (κ3) is 2.23. The smallest absolute Gasteiger partial charge is 0.229 e. The lowest BCUT2D eigenvalue weighted by atomic mass is 9.49. The molecule has 0 radical (unpaired) electrons. The summed E-state index contributed by atoms with van der Waals surface area (Å²) in [7, 11) is 0. The Hall–Kier alpha value is -1.38. The van der Waals surface area contributed by atoms with Crippen LogP contribution >= 0.6 is 0 Å². The van der Waals surface area contributed by atoms with Crippen LogP contribution in [0, 0.1) is 29.0 Å². The molecule has 5 fully saturated rings. The molecule has 0 spiro atoms. The summed E-state index contributed by atoms with van der Waals surface area (Å²) in [6, 6.07) is 6.95. The maximum Gasteiger partial charge on any atom is 0.229 e. The van der Waals surface area contributed by atoms with Gasteiger partial charge in [-0.2, -0.15) is 0 Å². The quantitative estimate of drug-likeness (QED) is 0.770. The zero-order chi connectivity index (χ0) is 16.3. The van der Waals surface area contributed by atoms with Gasteiger partial charge in [0.25, 0.3) is 0 Å². The van der Waals surface area contributed by atoms with E-state index in [2.05, 4.69) is 4.90 Å². The second kappa shape index (κ2) is 5.31. The first kappa shape index (κ1) is 14.9. The van der Waals surface area contributed by atoms with Gasteiger partial charge in [-0.3, -0.25) is 4.79 Å². The van der Waals surface area contributed by atoms with Crippen LogP contribution < -0.4 is 0 Å². The summed E-state index contributed by atoms with van der Waals surface area (Å²) in [4.78, 5) is 15.7. The van der Waals surface area contributed by atoms with E-state index in [1.807, 2.05) is 6.07 Å². The molecule has 5 aliphatic rings. The molecule has 4 aliphatic carbocycles. The molecule has 2 nitrogen and oxygen atoms in total. The topological polar surface area (TPSA) is 20.3 Å². The van der Waals surface area contributed by atoms with Gasteiger partial charge in [-0.25, -0.2) is 4.39 Å². The second-order valence-electron chi connectivity index (χ2n) is 8.91. The first-order valence-electron chi connectivity index (χ1n) is 9.69. The lowest BCUT2D eigenvalue weighted by molar-refractivity contribution is -0.158. The van der Waals surface area contributed by atoms with E-state index in [1.54, 1.807) is 12.1 Å². The van der Waals surface area contributed by atoms with Crippen molar-refractivity contribution in [2.75, 3.05) is 6.54 Å². The van der Waals surface area contributed by atoms with Gasteiger partial charge in [0.05, 0.1) is 11.5 Å². The van der Waals surface area contributed by atoms with Crippen LogP contribution in [-0.4, -0.2) is 17.4 Å². The Kier molecular flexibility index (Phi) is 3.30. The van der Waals surface area contributed by atoms with Crippen LogP contribution in [0.1, 0.15) is 63.0 Å². The fraction of sp³-hybridized carbons (Fsp3) is 0.667. The maximum atomic E-state index is 13.7. The van der Waals surface area contributed by atoms with Crippen molar-refractivity contribution in [2.45, 2.75) is 57.4 Å².